The molecule has 5 heteroatoms. The minimum atomic E-state index is -1.03. The Balaban J connectivity index is 1.95. The maximum Gasteiger partial charge on any atom is 0.338 e. The van der Waals surface area contributed by atoms with Gasteiger partial charge in [0, 0.05) is 12.6 Å². The summed E-state index contributed by atoms with van der Waals surface area (Å²) in [5.74, 6) is -0.770. The van der Waals surface area contributed by atoms with Gasteiger partial charge in [0.05, 0.1) is 11.3 Å². The predicted molar refractivity (Wildman–Crippen MR) is 81.8 cm³/mol. The molecule has 0 bridgehead atoms. The molecule has 1 heterocycles. The van der Waals surface area contributed by atoms with Gasteiger partial charge in [0.2, 0.25) is 0 Å². The van der Waals surface area contributed by atoms with Gasteiger partial charge >= 0.3 is 5.97 Å². The van der Waals surface area contributed by atoms with Gasteiger partial charge in [-0.25, -0.2) is 9.78 Å². The van der Waals surface area contributed by atoms with Gasteiger partial charge in [-0.3, -0.25) is 4.79 Å². The fourth-order valence-corrected chi connectivity index (χ4v) is 2.65. The number of hydrogen-bond acceptors (Lipinski definition) is 4. The first-order valence-electron chi connectivity index (χ1n) is 6.44. The second kappa shape index (κ2) is 7.04. The lowest BCUT2D eigenvalue weighted by molar-refractivity contribution is -0.116. The van der Waals surface area contributed by atoms with E-state index >= 15 is 0 Å². The quantitative estimate of drug-likeness (QED) is 0.831. The van der Waals surface area contributed by atoms with Gasteiger partial charge < -0.3 is 5.11 Å². The maximum absolute atomic E-state index is 12.0. The number of thioether (sulfide) groups is 1. The van der Waals surface area contributed by atoms with Crippen LogP contribution in [-0.4, -0.2) is 27.6 Å². The van der Waals surface area contributed by atoms with Crippen LogP contribution in [0.4, 0.5) is 0 Å². The molecule has 2 rings (SSSR count). The van der Waals surface area contributed by atoms with E-state index in [0.29, 0.717) is 11.4 Å². The molecular weight excluding hydrogens is 286 g/mol. The number of carbonyl (C=O) groups is 2. The lowest BCUT2D eigenvalue weighted by Crippen LogP contribution is -2.07. The van der Waals surface area contributed by atoms with Gasteiger partial charge in [-0.15, -0.1) is 0 Å². The van der Waals surface area contributed by atoms with E-state index < -0.39 is 5.97 Å². The number of carboxylic acids is 1. The number of aromatic carboxylic acids is 1. The highest BCUT2D eigenvalue weighted by Gasteiger charge is 2.13. The minimum Gasteiger partial charge on any atom is -0.478 e. The van der Waals surface area contributed by atoms with Crippen molar-refractivity contribution in [3.63, 3.8) is 0 Å². The van der Waals surface area contributed by atoms with E-state index in [0.717, 1.165) is 22.9 Å². The van der Waals surface area contributed by atoms with Crippen molar-refractivity contribution < 1.29 is 14.7 Å². The highest BCUT2D eigenvalue weighted by atomic mass is 32.2. The second-order valence-corrected chi connectivity index (χ2v) is 5.62. The SMILES string of the molecule is Cc1ccc(CC(=O)CSc2ncccc2C(=O)O)cc1. The Morgan fingerprint density at radius 1 is 1.19 bits per heavy atom. The number of nitrogens with zero attached hydrogens (tertiary/aromatic N) is 1. The van der Waals surface area contributed by atoms with Crippen LogP contribution in [0.3, 0.4) is 0 Å². The van der Waals surface area contributed by atoms with E-state index in [1.165, 1.54) is 12.3 Å². The van der Waals surface area contributed by atoms with Crippen molar-refractivity contribution in [3.8, 4) is 0 Å². The van der Waals surface area contributed by atoms with Crippen molar-refractivity contribution in [1.82, 2.24) is 4.98 Å². The zero-order valence-electron chi connectivity index (χ0n) is 11.6. The lowest BCUT2D eigenvalue weighted by Gasteiger charge is -2.04. The number of carbonyl (C=O) groups excluding carboxylic acids is 1. The summed E-state index contributed by atoms with van der Waals surface area (Å²) in [4.78, 5) is 27.0. The summed E-state index contributed by atoms with van der Waals surface area (Å²) < 4.78 is 0. The molecule has 1 N–H and O–H groups in total. The number of benzene rings is 1. The average Bonchev–Trinajstić information content (AvgIpc) is 2.48. The van der Waals surface area contributed by atoms with Crippen LogP contribution in [-0.2, 0) is 11.2 Å². The van der Waals surface area contributed by atoms with E-state index in [1.54, 1.807) is 6.07 Å². The number of pyridine rings is 1. The van der Waals surface area contributed by atoms with Gasteiger partial charge in [0.25, 0.3) is 0 Å². The molecule has 0 aliphatic rings. The van der Waals surface area contributed by atoms with Crippen molar-refractivity contribution in [2.75, 3.05) is 5.75 Å². The standard InChI is InChI=1S/C16H15NO3S/c1-11-4-6-12(7-5-11)9-13(18)10-21-15-14(16(19)20)3-2-8-17-15/h2-8H,9-10H2,1H3,(H,19,20). The molecule has 0 saturated carbocycles. The molecule has 4 nitrogen and oxygen atoms in total. The molecule has 0 aliphatic carbocycles. The summed E-state index contributed by atoms with van der Waals surface area (Å²) in [6.07, 6.45) is 1.88. The van der Waals surface area contributed by atoms with Gasteiger partial charge in [0.15, 0.2) is 0 Å². The minimum absolute atomic E-state index is 0.0471. The molecule has 0 amide bonds. The molecule has 0 spiro atoms. The van der Waals surface area contributed by atoms with Crippen molar-refractivity contribution in [1.29, 1.82) is 0 Å². The summed E-state index contributed by atoms with van der Waals surface area (Å²) in [7, 11) is 0. The zero-order valence-corrected chi connectivity index (χ0v) is 12.4. The molecule has 1 aromatic heterocycles. The molecular formula is C16H15NO3S. The Kier molecular flexibility index (Phi) is 5.11. The second-order valence-electron chi connectivity index (χ2n) is 4.65. The molecule has 0 unspecified atom stereocenters. The molecule has 0 saturated heterocycles. The zero-order chi connectivity index (χ0) is 15.2. The van der Waals surface area contributed by atoms with Crippen LogP contribution in [0, 0.1) is 6.92 Å². The van der Waals surface area contributed by atoms with Gasteiger partial charge in [-0.05, 0) is 24.6 Å². The lowest BCUT2D eigenvalue weighted by atomic mass is 10.1. The normalized spacial score (nSPS) is 10.3. The van der Waals surface area contributed by atoms with Crippen LogP contribution in [0.5, 0.6) is 0 Å². The molecule has 0 aliphatic heterocycles. The summed E-state index contributed by atoms with van der Waals surface area (Å²) in [5.41, 5.74) is 2.25. The van der Waals surface area contributed by atoms with Crippen LogP contribution in [0.1, 0.15) is 21.5 Å². The third kappa shape index (κ3) is 4.43. The van der Waals surface area contributed by atoms with Crippen LogP contribution in [0.25, 0.3) is 0 Å². The van der Waals surface area contributed by atoms with Gasteiger partial charge in [-0.2, -0.15) is 0 Å². The van der Waals surface area contributed by atoms with Crippen molar-refractivity contribution >= 4 is 23.5 Å². The van der Waals surface area contributed by atoms with E-state index in [-0.39, 0.29) is 17.1 Å². The Labute approximate surface area is 127 Å². The summed E-state index contributed by atoms with van der Waals surface area (Å²) >= 11 is 1.16. The average molecular weight is 301 g/mol. The highest BCUT2D eigenvalue weighted by Crippen LogP contribution is 2.20. The topological polar surface area (TPSA) is 67.3 Å². The van der Waals surface area contributed by atoms with E-state index in [1.807, 2.05) is 31.2 Å². The third-order valence-corrected chi connectivity index (χ3v) is 3.96. The van der Waals surface area contributed by atoms with Crippen LogP contribution >= 0.6 is 11.8 Å². The van der Waals surface area contributed by atoms with Crippen LogP contribution in [0.2, 0.25) is 0 Å². The summed E-state index contributed by atoms with van der Waals surface area (Å²) in [5, 5.41) is 9.43. The smallest absolute Gasteiger partial charge is 0.338 e. The van der Waals surface area contributed by atoms with E-state index in [9.17, 15) is 9.59 Å². The molecule has 108 valence electrons. The van der Waals surface area contributed by atoms with Gasteiger partial charge in [0.1, 0.15) is 10.8 Å². The molecule has 0 fully saturated rings. The summed E-state index contributed by atoms with van der Waals surface area (Å²) in [6.45, 7) is 2.00. The fourth-order valence-electron chi connectivity index (χ4n) is 1.80. The van der Waals surface area contributed by atoms with E-state index in [4.69, 9.17) is 5.11 Å². The Morgan fingerprint density at radius 2 is 1.90 bits per heavy atom. The number of aryl methyl sites for hydroxylation is 1. The van der Waals surface area contributed by atoms with Crippen LogP contribution in [0.15, 0.2) is 47.6 Å². The number of hydrogen-bond donors (Lipinski definition) is 1. The molecule has 2 aromatic rings. The maximum atomic E-state index is 12.0. The van der Waals surface area contributed by atoms with Gasteiger partial charge in [-0.1, -0.05) is 41.6 Å². The summed E-state index contributed by atoms with van der Waals surface area (Å²) in [6, 6.07) is 10.9. The third-order valence-electron chi connectivity index (χ3n) is 2.89. The number of ketones is 1. The Morgan fingerprint density at radius 3 is 2.57 bits per heavy atom. The van der Waals surface area contributed by atoms with Crippen molar-refractivity contribution in [3.05, 3.63) is 59.3 Å². The number of Topliss-reactive ketones (excluding diaryl/α,β-unsaturated/α-hetero) is 1. The monoisotopic (exact) mass is 301 g/mol. The number of rotatable bonds is 6. The fraction of sp³-hybridized carbons (Fsp3) is 0.188. The number of aromatic nitrogens is 1. The first kappa shape index (κ1) is 15.3. The molecule has 21 heavy (non-hydrogen) atoms. The largest absolute Gasteiger partial charge is 0.478 e. The highest BCUT2D eigenvalue weighted by molar-refractivity contribution is 8.00. The van der Waals surface area contributed by atoms with Crippen LogP contribution < -0.4 is 0 Å². The predicted octanol–water partition coefficient (Wildman–Crippen LogP) is 2.99. The van der Waals surface area contributed by atoms with E-state index in [2.05, 4.69) is 4.98 Å². The first-order chi connectivity index (χ1) is 10.1. The molecule has 1 aromatic carbocycles. The number of carboxylic acid groups (broad SMARTS) is 1. The molecule has 0 radical (unpaired) electrons. The van der Waals surface area contributed by atoms with Crippen molar-refractivity contribution in [2.24, 2.45) is 0 Å². The molecule has 0 atom stereocenters. The van der Waals surface area contributed by atoms with Crippen molar-refractivity contribution in [2.45, 2.75) is 18.4 Å². The Bertz CT molecular complexity index is 653. The Hall–Kier alpha value is -2.14. The first-order valence-corrected chi connectivity index (χ1v) is 7.43.